The Kier molecular flexibility index (Phi) is 5.06. The topological polar surface area (TPSA) is 59.6 Å². The molecule has 1 aliphatic rings. The minimum atomic E-state index is -1.43. The number of hydrogen-bond acceptors (Lipinski definition) is 3. The van der Waals surface area contributed by atoms with Gasteiger partial charge in [0, 0.05) is 12.0 Å². The lowest BCUT2D eigenvalue weighted by Crippen LogP contribution is -2.34. The van der Waals surface area contributed by atoms with Crippen LogP contribution < -0.4 is 15.2 Å². The summed E-state index contributed by atoms with van der Waals surface area (Å²) in [6.07, 6.45) is 2.67. The number of rotatable bonds is 5. The number of aliphatic imine (C=N–C) groups is 1. The molecule has 1 aliphatic heterocycles. The van der Waals surface area contributed by atoms with Crippen LogP contribution in [0.3, 0.4) is 0 Å². The van der Waals surface area contributed by atoms with Crippen molar-refractivity contribution in [1.82, 2.24) is 4.72 Å². The fraction of sp³-hybridized carbons (Fsp3) is 0.231. The van der Waals surface area contributed by atoms with Gasteiger partial charge in [-0.05, 0) is 57.7 Å². The van der Waals surface area contributed by atoms with E-state index < -0.39 is 10.2 Å². The van der Waals surface area contributed by atoms with Crippen molar-refractivity contribution in [3.63, 3.8) is 0 Å². The van der Waals surface area contributed by atoms with Gasteiger partial charge in [-0.2, -0.15) is 0 Å². The maximum Gasteiger partial charge on any atom is 0.173 e. The molecule has 108 valence electrons. The average Bonchev–Trinajstić information content (AvgIpc) is 2.78. The van der Waals surface area contributed by atoms with Gasteiger partial charge in [-0.15, -0.1) is 0 Å². The van der Waals surface area contributed by atoms with E-state index >= 15 is 0 Å². The van der Waals surface area contributed by atoms with Crippen molar-refractivity contribution in [3.8, 4) is 5.75 Å². The summed E-state index contributed by atoms with van der Waals surface area (Å²) in [7, 11) is 0.242. The number of nitrogens with one attached hydrogen (secondary N) is 1. The molecule has 1 unspecified atom stereocenters. The molecule has 1 aromatic carbocycles. The predicted molar refractivity (Wildman–Crippen MR) is 94.6 cm³/mol. The molecule has 0 aromatic heterocycles. The second-order valence-corrected chi connectivity index (χ2v) is 8.81. The maximum absolute atomic E-state index is 5.65. The zero-order chi connectivity index (χ0) is 14.6. The van der Waals surface area contributed by atoms with Gasteiger partial charge in [0.15, 0.2) is 5.11 Å². The van der Waals surface area contributed by atoms with Crippen molar-refractivity contribution in [3.05, 3.63) is 41.4 Å². The second-order valence-electron chi connectivity index (χ2n) is 4.23. The number of benzene rings is 1. The molecule has 20 heavy (non-hydrogen) atoms. The van der Waals surface area contributed by atoms with E-state index in [4.69, 9.17) is 22.7 Å². The monoisotopic (exact) mass is 373 g/mol. The van der Waals surface area contributed by atoms with Crippen LogP contribution in [0.4, 0.5) is 0 Å². The van der Waals surface area contributed by atoms with Gasteiger partial charge < -0.3 is 15.2 Å². The Bertz CT molecular complexity index is 576. The zero-order valence-corrected chi connectivity index (χ0v) is 14.2. The molecule has 0 radical (unpaired) electrons. The summed E-state index contributed by atoms with van der Waals surface area (Å²) in [5.41, 5.74) is 6.86. The first-order valence-electron chi connectivity index (χ1n) is 5.97. The Balaban J connectivity index is 2.11. The molecule has 1 heterocycles. The third-order valence-electron chi connectivity index (χ3n) is 2.90. The summed E-state index contributed by atoms with van der Waals surface area (Å²) < 4.78 is 9.32. The number of ether oxygens (including phenoxy) is 1. The molecule has 0 saturated heterocycles. The van der Waals surface area contributed by atoms with Crippen LogP contribution in [0.5, 0.6) is 5.75 Å². The summed E-state index contributed by atoms with van der Waals surface area (Å²) in [4.78, 5) is 4.28. The lowest BCUT2D eigenvalue weighted by molar-refractivity contribution is 0.414. The highest BCUT2D eigenvalue weighted by atomic mass is 79.9. The Morgan fingerprint density at radius 1 is 1.55 bits per heavy atom. The number of aryl methyl sites for hydroxylation is 1. The first kappa shape index (κ1) is 15.3. The van der Waals surface area contributed by atoms with E-state index in [0.717, 1.165) is 21.9 Å². The molecule has 0 spiro atoms. The highest BCUT2D eigenvalue weighted by molar-refractivity contribution is 9.23. The Morgan fingerprint density at radius 2 is 2.35 bits per heavy atom. The number of nitrogens with zero attached hydrogens (tertiary/aromatic N) is 1. The van der Waals surface area contributed by atoms with Crippen LogP contribution in [0, 0.1) is 0 Å². The van der Waals surface area contributed by atoms with Crippen LogP contribution in [-0.4, -0.2) is 21.9 Å². The van der Waals surface area contributed by atoms with Crippen LogP contribution in [0.25, 0.3) is 0 Å². The molecule has 1 aromatic rings. The molecule has 0 aliphatic carbocycles. The highest BCUT2D eigenvalue weighted by Crippen LogP contribution is 2.52. The largest absolute Gasteiger partial charge is 0.497 e. The van der Waals surface area contributed by atoms with Gasteiger partial charge in [0.1, 0.15) is 9.70 Å². The molecule has 0 fully saturated rings. The lowest BCUT2D eigenvalue weighted by atomic mass is 10.2. The third kappa shape index (κ3) is 3.53. The number of halogens is 1. The first-order valence-corrected chi connectivity index (χ1v) is 9.03. The van der Waals surface area contributed by atoms with E-state index in [0.29, 0.717) is 5.11 Å². The third-order valence-corrected chi connectivity index (χ3v) is 7.79. The van der Waals surface area contributed by atoms with Crippen LogP contribution in [0.1, 0.15) is 5.56 Å². The van der Waals surface area contributed by atoms with Crippen LogP contribution in [0.2, 0.25) is 0 Å². The normalized spacial score (nSPS) is 23.8. The Hall–Kier alpha value is -1.05. The van der Waals surface area contributed by atoms with E-state index in [9.17, 15) is 0 Å². The Labute approximate surface area is 134 Å². The van der Waals surface area contributed by atoms with Gasteiger partial charge in [0.2, 0.25) is 0 Å². The van der Waals surface area contributed by atoms with E-state index in [1.54, 1.807) is 13.3 Å². The molecule has 3 N–H and O–H groups in total. The van der Waals surface area contributed by atoms with E-state index in [-0.39, 0.29) is 0 Å². The van der Waals surface area contributed by atoms with Gasteiger partial charge in [-0.1, -0.05) is 22.3 Å². The fourth-order valence-corrected chi connectivity index (χ4v) is 5.63. The molecule has 0 amide bonds. The summed E-state index contributed by atoms with van der Waals surface area (Å²) in [6.45, 7) is 0. The fourth-order valence-electron chi connectivity index (χ4n) is 1.91. The second kappa shape index (κ2) is 6.60. The standard InChI is InChI=1S/C13H16BrN3OS2/c1-18-11-4-2-3-10(9-11)5-7-20(17-13(15)19)8-6-16-12(20)14/h2-4,6,8-9H,5,7H2,1H3,(H3,15,17,19). The Morgan fingerprint density at radius 3 is 2.95 bits per heavy atom. The van der Waals surface area contributed by atoms with E-state index in [1.807, 2.05) is 18.2 Å². The van der Waals surface area contributed by atoms with Crippen molar-refractivity contribution in [2.75, 3.05) is 12.9 Å². The number of hydrogen-bond donors (Lipinski definition) is 2. The number of methoxy groups -OCH3 is 1. The zero-order valence-electron chi connectivity index (χ0n) is 11.0. The molecular formula is C13H16BrN3OS2. The minimum Gasteiger partial charge on any atom is -0.497 e. The van der Waals surface area contributed by atoms with Crippen LogP contribution in [-0.2, 0) is 6.42 Å². The van der Waals surface area contributed by atoms with Crippen LogP contribution in [0.15, 0.2) is 40.9 Å². The summed E-state index contributed by atoms with van der Waals surface area (Å²) in [5, 5.41) is 2.35. The molecule has 2 rings (SSSR count). The van der Waals surface area contributed by atoms with Crippen molar-refractivity contribution < 1.29 is 4.74 Å². The summed E-state index contributed by atoms with van der Waals surface area (Å²) in [5.74, 6) is 1.74. The number of nitrogens with two attached hydrogens (primary N) is 1. The van der Waals surface area contributed by atoms with Crippen molar-refractivity contribution in [1.29, 1.82) is 0 Å². The SMILES string of the molecule is COc1cccc(CCS2(NC(N)=S)C=CN=C2Br)c1. The molecular weight excluding hydrogens is 358 g/mol. The van der Waals surface area contributed by atoms with Crippen molar-refractivity contribution in [2.45, 2.75) is 6.42 Å². The average molecular weight is 374 g/mol. The first-order chi connectivity index (χ1) is 9.55. The van der Waals surface area contributed by atoms with Crippen LogP contribution >= 0.6 is 38.4 Å². The lowest BCUT2D eigenvalue weighted by Gasteiger charge is -2.34. The molecule has 7 heteroatoms. The molecule has 1 atom stereocenters. The minimum absolute atomic E-state index is 0.296. The summed E-state index contributed by atoms with van der Waals surface area (Å²) in [6, 6.07) is 8.05. The van der Waals surface area contributed by atoms with E-state index in [1.165, 1.54) is 5.56 Å². The molecule has 0 bridgehead atoms. The number of thiocarbonyl (C=S) groups is 1. The highest BCUT2D eigenvalue weighted by Gasteiger charge is 2.29. The smallest absolute Gasteiger partial charge is 0.173 e. The predicted octanol–water partition coefficient (Wildman–Crippen LogP) is 3.03. The van der Waals surface area contributed by atoms with Gasteiger partial charge in [-0.3, -0.25) is 0 Å². The van der Waals surface area contributed by atoms with Gasteiger partial charge in [0.25, 0.3) is 0 Å². The van der Waals surface area contributed by atoms with Gasteiger partial charge >= 0.3 is 0 Å². The molecule has 4 nitrogen and oxygen atoms in total. The quantitative estimate of drug-likeness (QED) is 0.778. The van der Waals surface area contributed by atoms with Crippen molar-refractivity contribution >= 4 is 47.4 Å². The van der Waals surface area contributed by atoms with Gasteiger partial charge in [0.05, 0.1) is 7.11 Å². The van der Waals surface area contributed by atoms with Gasteiger partial charge in [-0.25, -0.2) is 4.99 Å². The van der Waals surface area contributed by atoms with Crippen molar-refractivity contribution in [2.24, 2.45) is 10.7 Å². The summed E-state index contributed by atoms with van der Waals surface area (Å²) >= 11 is 8.50. The van der Waals surface area contributed by atoms with E-state index in [2.05, 4.69) is 37.1 Å². The maximum atomic E-state index is 5.65. The molecule has 0 saturated carbocycles.